The molecule has 184 valence electrons. The van der Waals surface area contributed by atoms with Crippen molar-refractivity contribution in [2.45, 2.75) is 76.5 Å². The Morgan fingerprint density at radius 3 is 2.42 bits per heavy atom. The van der Waals surface area contributed by atoms with Crippen molar-refractivity contribution in [1.82, 2.24) is 9.80 Å². The highest BCUT2D eigenvalue weighted by molar-refractivity contribution is 5.67. The molecule has 1 atom stereocenters. The van der Waals surface area contributed by atoms with Crippen molar-refractivity contribution in [1.29, 1.82) is 0 Å². The Kier molecular flexibility index (Phi) is 8.15. The van der Waals surface area contributed by atoms with Crippen LogP contribution >= 0.6 is 0 Å². The summed E-state index contributed by atoms with van der Waals surface area (Å²) < 4.78 is 23.3. The number of likely N-dealkylation sites (tertiary alicyclic amines) is 1. The molecular formula is C26H40N2O5. The number of rotatable bonds is 4. The number of hydrogen-bond donors (Lipinski definition) is 0. The molecule has 7 heteroatoms. The van der Waals surface area contributed by atoms with Gasteiger partial charge in [-0.15, -0.1) is 0 Å². The summed E-state index contributed by atoms with van der Waals surface area (Å²) in [7, 11) is 0. The van der Waals surface area contributed by atoms with Crippen molar-refractivity contribution in [2.24, 2.45) is 0 Å². The van der Waals surface area contributed by atoms with Gasteiger partial charge in [-0.2, -0.15) is 0 Å². The van der Waals surface area contributed by atoms with Crippen LogP contribution in [0.5, 0.6) is 5.75 Å². The molecule has 7 nitrogen and oxygen atoms in total. The van der Waals surface area contributed by atoms with Gasteiger partial charge in [0.1, 0.15) is 24.2 Å². The van der Waals surface area contributed by atoms with Crippen molar-refractivity contribution < 1.29 is 23.7 Å². The highest BCUT2D eigenvalue weighted by Gasteiger charge is 2.31. The molecule has 3 aliphatic rings. The first-order valence-electron chi connectivity index (χ1n) is 12.5. The van der Waals surface area contributed by atoms with Crippen LogP contribution in [0.3, 0.4) is 0 Å². The zero-order valence-corrected chi connectivity index (χ0v) is 20.5. The molecule has 0 unspecified atom stereocenters. The van der Waals surface area contributed by atoms with Crippen LogP contribution in [0.1, 0.15) is 64.4 Å². The summed E-state index contributed by atoms with van der Waals surface area (Å²) in [4.78, 5) is 16.6. The zero-order chi connectivity index (χ0) is 23.3. The molecule has 4 rings (SSSR count). The van der Waals surface area contributed by atoms with Crippen LogP contribution in [-0.2, 0) is 14.2 Å². The second kappa shape index (κ2) is 11.1. The SMILES string of the molecule is CC(C)(C)OC(=O)N1CC[C@H](N2CCC(c3ccccc3OC3CCOCC3)CC2)COC1. The van der Waals surface area contributed by atoms with Crippen LogP contribution in [0.2, 0.25) is 0 Å². The van der Waals surface area contributed by atoms with Gasteiger partial charge in [0.05, 0.1) is 19.8 Å². The minimum absolute atomic E-state index is 0.260. The summed E-state index contributed by atoms with van der Waals surface area (Å²) in [6.07, 6.45) is 5.04. The highest BCUT2D eigenvalue weighted by Crippen LogP contribution is 2.36. The van der Waals surface area contributed by atoms with E-state index in [0.717, 1.165) is 64.2 Å². The van der Waals surface area contributed by atoms with Gasteiger partial charge in [0.25, 0.3) is 0 Å². The number of para-hydroxylation sites is 1. The smallest absolute Gasteiger partial charge is 0.412 e. The van der Waals surface area contributed by atoms with E-state index >= 15 is 0 Å². The maximum atomic E-state index is 12.4. The molecule has 0 aromatic heterocycles. The van der Waals surface area contributed by atoms with E-state index in [4.69, 9.17) is 18.9 Å². The van der Waals surface area contributed by atoms with Crippen molar-refractivity contribution in [3.63, 3.8) is 0 Å². The second-order valence-corrected chi connectivity index (χ2v) is 10.5. The van der Waals surface area contributed by atoms with E-state index in [2.05, 4.69) is 29.2 Å². The predicted octanol–water partition coefficient (Wildman–Crippen LogP) is 4.41. The first-order chi connectivity index (χ1) is 15.9. The van der Waals surface area contributed by atoms with Gasteiger partial charge in [0.2, 0.25) is 0 Å². The van der Waals surface area contributed by atoms with Gasteiger partial charge < -0.3 is 18.9 Å². The number of carbonyl (C=O) groups excluding carboxylic acids is 1. The molecule has 1 aromatic carbocycles. The third-order valence-corrected chi connectivity index (χ3v) is 6.81. The van der Waals surface area contributed by atoms with Crippen molar-refractivity contribution >= 4 is 6.09 Å². The Hall–Kier alpha value is -1.83. The van der Waals surface area contributed by atoms with Crippen LogP contribution < -0.4 is 4.74 Å². The lowest BCUT2D eigenvalue weighted by molar-refractivity contribution is -0.00973. The number of hydrogen-bond acceptors (Lipinski definition) is 6. The lowest BCUT2D eigenvalue weighted by atomic mass is 9.88. The van der Waals surface area contributed by atoms with Crippen molar-refractivity contribution in [2.75, 3.05) is 46.2 Å². The second-order valence-electron chi connectivity index (χ2n) is 10.5. The molecule has 0 aliphatic carbocycles. The highest BCUT2D eigenvalue weighted by atomic mass is 16.6. The first-order valence-corrected chi connectivity index (χ1v) is 12.5. The number of amides is 1. The van der Waals surface area contributed by atoms with Gasteiger partial charge in [-0.3, -0.25) is 9.80 Å². The lowest BCUT2D eigenvalue weighted by Crippen LogP contribution is -2.43. The van der Waals surface area contributed by atoms with Crippen LogP contribution in [0.15, 0.2) is 24.3 Å². The van der Waals surface area contributed by atoms with Gasteiger partial charge in [-0.25, -0.2) is 4.79 Å². The molecule has 1 amide bonds. The summed E-state index contributed by atoms with van der Waals surface area (Å²) in [6.45, 7) is 11.0. The summed E-state index contributed by atoms with van der Waals surface area (Å²) in [5, 5.41) is 0. The molecule has 3 saturated heterocycles. The number of benzene rings is 1. The summed E-state index contributed by atoms with van der Waals surface area (Å²) in [6, 6.07) is 8.91. The Morgan fingerprint density at radius 2 is 1.70 bits per heavy atom. The molecule has 3 aliphatic heterocycles. The van der Waals surface area contributed by atoms with Gasteiger partial charge in [0, 0.05) is 25.4 Å². The summed E-state index contributed by atoms with van der Waals surface area (Å²) >= 11 is 0. The number of nitrogens with zero attached hydrogens (tertiary/aromatic N) is 2. The Morgan fingerprint density at radius 1 is 0.970 bits per heavy atom. The molecule has 0 bridgehead atoms. The average molecular weight is 461 g/mol. The van der Waals surface area contributed by atoms with E-state index in [1.54, 1.807) is 4.90 Å². The zero-order valence-electron chi connectivity index (χ0n) is 20.5. The minimum atomic E-state index is -0.491. The topological polar surface area (TPSA) is 60.5 Å². The van der Waals surface area contributed by atoms with E-state index in [1.165, 1.54) is 5.56 Å². The molecule has 0 spiro atoms. The quantitative estimate of drug-likeness (QED) is 0.664. The molecule has 33 heavy (non-hydrogen) atoms. The average Bonchev–Trinajstić information content (AvgIpc) is 3.06. The van der Waals surface area contributed by atoms with Gasteiger partial charge in [-0.05, 0) is 70.7 Å². The fourth-order valence-corrected chi connectivity index (χ4v) is 4.98. The standard InChI is InChI=1S/C26H40N2O5/c1-26(2,3)33-25(29)28-15-10-21(18-31-19-28)27-13-8-20(9-14-27)23-6-4-5-7-24(23)32-22-11-16-30-17-12-22/h4-7,20-22H,8-19H2,1-3H3/t21-/m0/s1. The van der Waals surface area contributed by atoms with Crippen LogP contribution in [0.25, 0.3) is 0 Å². The van der Waals surface area contributed by atoms with Crippen LogP contribution in [-0.4, -0.2) is 79.8 Å². The molecule has 0 radical (unpaired) electrons. The third kappa shape index (κ3) is 6.84. The number of carbonyl (C=O) groups is 1. The van der Waals surface area contributed by atoms with Crippen molar-refractivity contribution in [3.05, 3.63) is 29.8 Å². The van der Waals surface area contributed by atoms with Crippen LogP contribution in [0, 0.1) is 0 Å². The molecule has 3 fully saturated rings. The fraction of sp³-hybridized carbons (Fsp3) is 0.731. The van der Waals surface area contributed by atoms with E-state index in [-0.39, 0.29) is 12.2 Å². The maximum Gasteiger partial charge on any atom is 0.412 e. The fourth-order valence-electron chi connectivity index (χ4n) is 4.98. The Balaban J connectivity index is 1.29. The van der Waals surface area contributed by atoms with Crippen molar-refractivity contribution in [3.8, 4) is 5.75 Å². The Bertz CT molecular complexity index is 766. The number of ether oxygens (including phenoxy) is 4. The Labute approximate surface area is 198 Å². The normalized spacial score (nSPS) is 24.3. The maximum absolute atomic E-state index is 12.4. The van der Waals surface area contributed by atoms with Gasteiger partial charge in [0.15, 0.2) is 0 Å². The van der Waals surface area contributed by atoms with Gasteiger partial charge >= 0.3 is 6.09 Å². The van der Waals surface area contributed by atoms with E-state index in [1.807, 2.05) is 20.8 Å². The van der Waals surface area contributed by atoms with Crippen LogP contribution in [0.4, 0.5) is 4.79 Å². The molecular weight excluding hydrogens is 420 g/mol. The lowest BCUT2D eigenvalue weighted by Gasteiger charge is -2.37. The largest absolute Gasteiger partial charge is 0.490 e. The summed E-state index contributed by atoms with van der Waals surface area (Å²) in [5.41, 5.74) is 0.854. The monoisotopic (exact) mass is 460 g/mol. The molecule has 0 N–H and O–H groups in total. The summed E-state index contributed by atoms with van der Waals surface area (Å²) in [5.74, 6) is 1.57. The van der Waals surface area contributed by atoms with E-state index in [0.29, 0.717) is 31.8 Å². The van der Waals surface area contributed by atoms with E-state index in [9.17, 15) is 4.79 Å². The first kappa shape index (κ1) is 24.3. The molecule has 0 saturated carbocycles. The van der Waals surface area contributed by atoms with E-state index < -0.39 is 5.60 Å². The van der Waals surface area contributed by atoms with Gasteiger partial charge in [-0.1, -0.05) is 18.2 Å². The third-order valence-electron chi connectivity index (χ3n) is 6.81. The number of piperidine rings is 1. The molecule has 3 heterocycles. The predicted molar refractivity (Wildman–Crippen MR) is 127 cm³/mol. The minimum Gasteiger partial charge on any atom is -0.490 e. The molecule has 1 aromatic rings.